The van der Waals surface area contributed by atoms with E-state index < -0.39 is 5.41 Å². The predicted octanol–water partition coefficient (Wildman–Crippen LogP) is 0.114. The molecule has 0 spiro atoms. The number of likely N-dealkylation sites (tertiary alicyclic amines) is 1. The van der Waals surface area contributed by atoms with Crippen LogP contribution in [0.25, 0.3) is 0 Å². The van der Waals surface area contributed by atoms with Crippen molar-refractivity contribution in [1.82, 2.24) is 4.90 Å². The molecule has 5 nitrogen and oxygen atoms in total. The number of nitrogens with two attached hydrogens (primary N) is 1. The molecule has 0 aliphatic carbocycles. The van der Waals surface area contributed by atoms with Gasteiger partial charge in [-0.25, -0.2) is 0 Å². The lowest BCUT2D eigenvalue weighted by atomic mass is 9.83. The summed E-state index contributed by atoms with van der Waals surface area (Å²) in [6.45, 7) is 3.48. The van der Waals surface area contributed by atoms with E-state index in [9.17, 15) is 9.90 Å². The third-order valence-corrected chi connectivity index (χ3v) is 4.36. The maximum absolute atomic E-state index is 12.7. The quantitative estimate of drug-likeness (QED) is 0.735. The highest BCUT2D eigenvalue weighted by Crippen LogP contribution is 2.31. The highest BCUT2D eigenvalue weighted by Gasteiger charge is 2.47. The van der Waals surface area contributed by atoms with E-state index in [2.05, 4.69) is 0 Å². The Morgan fingerprint density at radius 1 is 1.50 bits per heavy atom. The molecule has 2 aliphatic heterocycles. The third kappa shape index (κ3) is 2.39. The number of carbonyl (C=O) groups is 1. The number of carbonyl (C=O) groups excluding carboxylic acids is 1. The zero-order valence-corrected chi connectivity index (χ0v) is 11.1. The Balaban J connectivity index is 2.14. The number of amides is 1. The molecule has 0 aromatic carbocycles. The molecular weight excluding hydrogens is 232 g/mol. The lowest BCUT2D eigenvalue weighted by molar-refractivity contribution is -0.145. The second-order valence-electron chi connectivity index (χ2n) is 5.72. The van der Waals surface area contributed by atoms with Gasteiger partial charge in [-0.1, -0.05) is 12.8 Å². The third-order valence-electron chi connectivity index (χ3n) is 4.36. The smallest absolute Gasteiger partial charge is 0.232 e. The molecule has 3 atom stereocenters. The van der Waals surface area contributed by atoms with E-state index >= 15 is 0 Å². The fraction of sp³-hybridized carbons (Fsp3) is 0.923. The summed E-state index contributed by atoms with van der Waals surface area (Å²) in [6, 6.07) is -0.294. The van der Waals surface area contributed by atoms with Gasteiger partial charge >= 0.3 is 0 Å². The number of aliphatic hydroxyl groups is 1. The van der Waals surface area contributed by atoms with Crippen molar-refractivity contribution in [2.24, 2.45) is 11.1 Å². The molecule has 0 aromatic rings. The van der Waals surface area contributed by atoms with Crippen LogP contribution in [0.4, 0.5) is 0 Å². The summed E-state index contributed by atoms with van der Waals surface area (Å²) in [7, 11) is 0. The average Bonchev–Trinajstić information content (AvgIpc) is 2.60. The molecule has 0 bridgehead atoms. The summed E-state index contributed by atoms with van der Waals surface area (Å²) in [5.41, 5.74) is 5.38. The fourth-order valence-electron chi connectivity index (χ4n) is 2.87. The summed E-state index contributed by atoms with van der Waals surface area (Å²) in [6.07, 6.45) is 4.09. The summed E-state index contributed by atoms with van der Waals surface area (Å²) in [5.74, 6) is 0.0495. The van der Waals surface area contributed by atoms with E-state index in [1.807, 2.05) is 11.8 Å². The van der Waals surface area contributed by atoms with Crippen molar-refractivity contribution in [2.75, 3.05) is 26.4 Å². The predicted molar refractivity (Wildman–Crippen MR) is 68.0 cm³/mol. The lowest BCUT2D eigenvalue weighted by Gasteiger charge is -2.36. The maximum Gasteiger partial charge on any atom is 0.232 e. The van der Waals surface area contributed by atoms with Crippen LogP contribution >= 0.6 is 0 Å². The van der Waals surface area contributed by atoms with Gasteiger partial charge in [-0.05, 0) is 19.8 Å². The number of rotatable bonds is 2. The molecule has 18 heavy (non-hydrogen) atoms. The monoisotopic (exact) mass is 256 g/mol. The van der Waals surface area contributed by atoms with Gasteiger partial charge in [0.05, 0.1) is 31.3 Å². The molecule has 2 aliphatic rings. The molecule has 2 fully saturated rings. The van der Waals surface area contributed by atoms with Crippen LogP contribution in [-0.4, -0.2) is 54.4 Å². The van der Waals surface area contributed by atoms with Gasteiger partial charge in [-0.15, -0.1) is 0 Å². The molecule has 0 aromatic heterocycles. The molecule has 2 rings (SSSR count). The molecule has 0 saturated carbocycles. The summed E-state index contributed by atoms with van der Waals surface area (Å²) < 4.78 is 5.35. The van der Waals surface area contributed by atoms with Gasteiger partial charge in [0, 0.05) is 12.6 Å². The lowest BCUT2D eigenvalue weighted by Crippen LogP contribution is -2.55. The largest absolute Gasteiger partial charge is 0.394 e. The van der Waals surface area contributed by atoms with Crippen LogP contribution in [0.3, 0.4) is 0 Å². The zero-order valence-electron chi connectivity index (χ0n) is 11.1. The second kappa shape index (κ2) is 5.55. The topological polar surface area (TPSA) is 75.8 Å². The minimum absolute atomic E-state index is 0.0396. The van der Waals surface area contributed by atoms with E-state index in [-0.39, 0.29) is 24.6 Å². The van der Waals surface area contributed by atoms with Crippen LogP contribution in [0.2, 0.25) is 0 Å². The van der Waals surface area contributed by atoms with Crippen molar-refractivity contribution in [3.63, 3.8) is 0 Å². The van der Waals surface area contributed by atoms with Gasteiger partial charge in [0.2, 0.25) is 5.91 Å². The van der Waals surface area contributed by atoms with Gasteiger partial charge in [0.25, 0.3) is 0 Å². The summed E-state index contributed by atoms with van der Waals surface area (Å²) in [4.78, 5) is 14.5. The normalized spacial score (nSPS) is 37.6. The van der Waals surface area contributed by atoms with Crippen molar-refractivity contribution >= 4 is 5.91 Å². The maximum atomic E-state index is 12.7. The molecular formula is C13H24N2O3. The first-order valence-corrected chi connectivity index (χ1v) is 6.85. The molecule has 1 amide bonds. The molecule has 3 N–H and O–H groups in total. The fourth-order valence-corrected chi connectivity index (χ4v) is 2.87. The van der Waals surface area contributed by atoms with E-state index in [1.54, 1.807) is 0 Å². The van der Waals surface area contributed by atoms with Gasteiger partial charge in [0.1, 0.15) is 0 Å². The van der Waals surface area contributed by atoms with Crippen molar-refractivity contribution in [3.8, 4) is 0 Å². The molecule has 0 radical (unpaired) electrons. The van der Waals surface area contributed by atoms with Gasteiger partial charge in [-0.3, -0.25) is 4.79 Å². The zero-order chi connectivity index (χ0) is 13.2. The van der Waals surface area contributed by atoms with Gasteiger partial charge < -0.3 is 20.5 Å². The van der Waals surface area contributed by atoms with E-state index in [0.717, 1.165) is 32.2 Å². The summed E-state index contributed by atoms with van der Waals surface area (Å²) in [5, 5.41) is 9.47. The average molecular weight is 256 g/mol. The number of ether oxygens (including phenoxy) is 1. The number of aliphatic hydroxyl groups excluding tert-OH is 1. The molecule has 104 valence electrons. The van der Waals surface area contributed by atoms with Crippen molar-refractivity contribution < 1.29 is 14.6 Å². The van der Waals surface area contributed by atoms with Crippen LogP contribution in [0.1, 0.15) is 32.6 Å². The Hall–Kier alpha value is -0.650. The Labute approximate surface area is 108 Å². The first-order chi connectivity index (χ1) is 8.59. The summed E-state index contributed by atoms with van der Waals surface area (Å²) >= 11 is 0. The number of hydrogen-bond acceptors (Lipinski definition) is 4. The van der Waals surface area contributed by atoms with Crippen LogP contribution in [0, 0.1) is 5.41 Å². The van der Waals surface area contributed by atoms with E-state index in [1.165, 1.54) is 0 Å². The minimum Gasteiger partial charge on any atom is -0.394 e. The Bertz CT molecular complexity index is 311. The van der Waals surface area contributed by atoms with Crippen LogP contribution < -0.4 is 5.73 Å². The van der Waals surface area contributed by atoms with Crippen LogP contribution in [0.5, 0.6) is 0 Å². The van der Waals surface area contributed by atoms with E-state index in [0.29, 0.717) is 13.2 Å². The second-order valence-corrected chi connectivity index (χ2v) is 5.72. The highest BCUT2D eigenvalue weighted by molar-refractivity contribution is 5.84. The highest BCUT2D eigenvalue weighted by atomic mass is 16.5. The number of nitrogens with zero attached hydrogens (tertiary/aromatic N) is 1. The Morgan fingerprint density at radius 3 is 2.89 bits per heavy atom. The van der Waals surface area contributed by atoms with Crippen molar-refractivity contribution in [3.05, 3.63) is 0 Å². The Kier molecular flexibility index (Phi) is 4.25. The first kappa shape index (κ1) is 13.8. The van der Waals surface area contributed by atoms with Gasteiger partial charge in [-0.2, -0.15) is 0 Å². The Morgan fingerprint density at radius 2 is 2.28 bits per heavy atom. The van der Waals surface area contributed by atoms with E-state index in [4.69, 9.17) is 10.5 Å². The molecule has 5 heteroatoms. The van der Waals surface area contributed by atoms with Crippen LogP contribution in [-0.2, 0) is 9.53 Å². The molecule has 2 heterocycles. The minimum atomic E-state index is -0.627. The van der Waals surface area contributed by atoms with Crippen molar-refractivity contribution in [2.45, 2.75) is 44.7 Å². The van der Waals surface area contributed by atoms with Crippen LogP contribution in [0.15, 0.2) is 0 Å². The SMILES string of the molecule is CC1(C(=O)N2CCCCCC2CO)COCC1N. The van der Waals surface area contributed by atoms with Crippen molar-refractivity contribution in [1.29, 1.82) is 0 Å². The van der Waals surface area contributed by atoms with Gasteiger partial charge in [0.15, 0.2) is 0 Å². The molecule has 3 unspecified atom stereocenters. The standard InChI is InChI=1S/C13H24N2O3/c1-13(9-18-8-11(13)14)12(17)15-6-4-2-3-5-10(15)7-16/h10-11,16H,2-9,14H2,1H3. The first-order valence-electron chi connectivity index (χ1n) is 6.85. The molecule has 2 saturated heterocycles. The number of hydrogen-bond donors (Lipinski definition) is 2.